The van der Waals surface area contributed by atoms with Crippen LogP contribution in [0.25, 0.3) is 39.0 Å². The second kappa shape index (κ2) is 33.7. The number of ketones is 3. The molecular formula is C85H70N10O16. The number of fused-ring (bicyclic) bond motifs is 4. The Kier molecular flexibility index (Phi) is 23.0. The van der Waals surface area contributed by atoms with Crippen LogP contribution in [-0.2, 0) is 11.2 Å². The predicted octanol–water partition coefficient (Wildman–Crippen LogP) is 14.8. The van der Waals surface area contributed by atoms with Gasteiger partial charge in [-0.15, -0.1) is 0 Å². The number of hydrogen-bond acceptors (Lipinski definition) is 22. The highest BCUT2D eigenvalue weighted by Gasteiger charge is 2.29. The van der Waals surface area contributed by atoms with Crippen molar-refractivity contribution in [2.45, 2.75) is 46.0 Å². The van der Waals surface area contributed by atoms with Crippen molar-refractivity contribution >= 4 is 104 Å². The van der Waals surface area contributed by atoms with Gasteiger partial charge < -0.3 is 72.5 Å². The number of carboxylic acid groups (broad SMARTS) is 3. The molecule has 14 N–H and O–H groups in total. The van der Waals surface area contributed by atoms with E-state index >= 15 is 0 Å². The van der Waals surface area contributed by atoms with Gasteiger partial charge in [-0.05, 0) is 211 Å². The fraction of sp³-hybridized carbons (Fsp3) is 0.106. The van der Waals surface area contributed by atoms with Gasteiger partial charge in [0, 0.05) is 112 Å². The zero-order chi connectivity index (χ0) is 78.6. The summed E-state index contributed by atoms with van der Waals surface area (Å²) < 4.78 is 5.88. The molecule has 14 rings (SSSR count). The summed E-state index contributed by atoms with van der Waals surface area (Å²) in [7, 11) is 0. The smallest absolute Gasteiger partial charge is 0.336 e. The van der Waals surface area contributed by atoms with Gasteiger partial charge in [0.05, 0.1) is 16.7 Å². The highest BCUT2D eigenvalue weighted by molar-refractivity contribution is 6.10. The quantitative estimate of drug-likeness (QED) is 0.0161. The van der Waals surface area contributed by atoms with Crippen molar-refractivity contribution in [2.24, 2.45) is 5.73 Å². The molecule has 0 saturated heterocycles. The normalized spacial score (nSPS) is 11.9. The Balaban J connectivity index is 0.000000171. The number of phenolic OH excluding ortho intramolecular Hbond substituents is 4. The Morgan fingerprint density at radius 2 is 1.05 bits per heavy atom. The molecule has 2 aromatic heterocycles. The lowest BCUT2D eigenvalue weighted by atomic mass is 9.76. The number of phenols is 4. The van der Waals surface area contributed by atoms with E-state index in [0.29, 0.717) is 117 Å². The molecule has 0 spiro atoms. The maximum atomic E-state index is 13.2. The number of carboxylic acids is 3. The topological polar surface area (TPSA) is 429 Å². The van der Waals surface area contributed by atoms with E-state index in [-0.39, 0.29) is 92.3 Å². The number of Topliss-reactive ketones (excluding diaryl/α,β-unsaturated/α-hetero) is 2. The first-order valence-electron chi connectivity index (χ1n) is 34.7. The van der Waals surface area contributed by atoms with Gasteiger partial charge >= 0.3 is 17.9 Å². The molecule has 10 aromatic rings. The van der Waals surface area contributed by atoms with Gasteiger partial charge in [0.2, 0.25) is 11.9 Å². The number of aromatic carboxylic acids is 3. The van der Waals surface area contributed by atoms with E-state index in [9.17, 15) is 74.1 Å². The average Bonchev–Trinajstić information content (AvgIpc) is 0.752. The third-order valence-electron chi connectivity index (χ3n) is 17.9. The van der Waals surface area contributed by atoms with E-state index in [1.807, 2.05) is 32.0 Å². The summed E-state index contributed by atoms with van der Waals surface area (Å²) in [6.45, 7) is 4.50. The van der Waals surface area contributed by atoms with E-state index < -0.39 is 23.8 Å². The van der Waals surface area contributed by atoms with Crippen molar-refractivity contribution in [2.75, 3.05) is 34.4 Å². The maximum Gasteiger partial charge on any atom is 0.336 e. The number of aromatic nitrogens is 4. The first kappa shape index (κ1) is 75.8. The summed E-state index contributed by atoms with van der Waals surface area (Å²) >= 11 is 0. The van der Waals surface area contributed by atoms with Gasteiger partial charge in [-0.25, -0.2) is 24.4 Å². The standard InChI is InChI=1S/C42H33N5O8.C22H14O6.C21H23N5O2/c1-23-7-9-27(48)20-34(23)46-38-15-17-44-42(47-38)45-26-5-2-4-24(18-26)35(51)6-3-16-43-40(52)25-8-12-30(33(19-25)41(53)54)39-31-13-10-28(49)21-36(31)55-37-22-29(50)11-14-32(37)39;23-14-2-5-16-12(8-14)7-13-9-15(24)3-6-17(13)20(16)18-4-1-11(21(25)26)10-19(18)22(27)28;1-14-7-8-17(27)13-18(14)25-20-9-11-23-21(26-20)24-16-5-2-4-15(12-16)19(28)6-3-10-22/h2,4-5,7-15,17-22,48-49H,3,6,16H2,1H3,(H,43,52)(H,53,54)(H2,44,45,46,47);1-6,8-10,23H,7H2,(H,25,26)(H,27,28);2,4-5,7-9,11-13,27H,3,6,10,22H2,1H3,(H2,23,24,25,26). The van der Waals surface area contributed by atoms with Crippen molar-refractivity contribution in [1.29, 1.82) is 0 Å². The minimum Gasteiger partial charge on any atom is -0.508 e. The summed E-state index contributed by atoms with van der Waals surface area (Å²) in [6, 6.07) is 49.3. The summed E-state index contributed by atoms with van der Waals surface area (Å²) in [4.78, 5) is 115. The van der Waals surface area contributed by atoms with Gasteiger partial charge in [0.1, 0.15) is 46.0 Å². The van der Waals surface area contributed by atoms with Crippen LogP contribution in [0.1, 0.15) is 116 Å². The predicted molar refractivity (Wildman–Crippen MR) is 418 cm³/mol. The van der Waals surface area contributed by atoms with Crippen LogP contribution in [0.15, 0.2) is 239 Å². The number of nitrogens with one attached hydrogen (secondary N) is 5. The van der Waals surface area contributed by atoms with Crippen molar-refractivity contribution in [3.8, 4) is 45.4 Å². The van der Waals surface area contributed by atoms with E-state index in [4.69, 9.17) is 10.2 Å². The van der Waals surface area contributed by atoms with Gasteiger partial charge in [-0.3, -0.25) is 24.0 Å². The summed E-state index contributed by atoms with van der Waals surface area (Å²) in [6.07, 6.45) is 9.77. The SMILES string of the molecule is Cc1ccc(O)cc1Nc1ccnc(Nc2cccc(C(=O)CCCN)c2)n1.Cc1ccc(O)cc1Nc1ccnc(Nc2cccc(C(=O)CCCNC(=O)c3ccc(-c4c5ccc(=O)cc-5oc5cc(O)ccc45)c(C(=O)O)c3)c2)n1.O=C1C=CC2=C(c3ccc(C(=O)O)cc3C(=O)O)c3ccc(O)cc3CC2=C1. The summed E-state index contributed by atoms with van der Waals surface area (Å²) in [5.74, 6) is -2.19. The van der Waals surface area contributed by atoms with Crippen molar-refractivity contribution < 1.29 is 73.7 Å². The highest BCUT2D eigenvalue weighted by Crippen LogP contribution is 2.45. The number of carbonyl (C=O) groups excluding carboxylic acids is 4. The highest BCUT2D eigenvalue weighted by atomic mass is 16.4. The number of aryl methyl sites for hydroxylation is 2. The molecule has 0 bridgehead atoms. The van der Waals surface area contributed by atoms with Crippen LogP contribution in [-0.4, -0.2) is 110 Å². The Hall–Kier alpha value is -14.9. The zero-order valence-corrected chi connectivity index (χ0v) is 59.4. The minimum atomic E-state index is -1.27. The van der Waals surface area contributed by atoms with Crippen LogP contribution in [0.2, 0.25) is 0 Å². The Labute approximate surface area is 632 Å². The van der Waals surface area contributed by atoms with Gasteiger partial charge in [0.25, 0.3) is 5.91 Å². The number of anilines is 8. The molecule has 111 heavy (non-hydrogen) atoms. The van der Waals surface area contributed by atoms with Gasteiger partial charge in [-0.2, -0.15) is 9.97 Å². The van der Waals surface area contributed by atoms with E-state index in [2.05, 4.69) is 46.5 Å². The summed E-state index contributed by atoms with van der Waals surface area (Å²) in [5, 5.41) is 84.4. The second-order valence-corrected chi connectivity index (χ2v) is 25.8. The van der Waals surface area contributed by atoms with Crippen molar-refractivity contribution in [3.63, 3.8) is 0 Å². The van der Waals surface area contributed by atoms with Crippen molar-refractivity contribution in [1.82, 2.24) is 25.3 Å². The lowest BCUT2D eigenvalue weighted by Gasteiger charge is -2.27. The number of rotatable bonds is 23. The van der Waals surface area contributed by atoms with Crippen LogP contribution >= 0.6 is 0 Å². The molecule has 3 heterocycles. The number of hydrogen-bond donors (Lipinski definition) is 13. The molecule has 1 amide bonds. The second-order valence-electron chi connectivity index (χ2n) is 25.8. The van der Waals surface area contributed by atoms with E-state index in [1.165, 1.54) is 72.8 Å². The zero-order valence-electron chi connectivity index (χ0n) is 59.4. The van der Waals surface area contributed by atoms with Crippen molar-refractivity contribution in [3.05, 3.63) is 301 Å². The van der Waals surface area contributed by atoms with Crippen LogP contribution in [0.4, 0.5) is 46.3 Å². The minimum absolute atomic E-state index is 0.0600. The van der Waals surface area contributed by atoms with Crippen LogP contribution in [0.5, 0.6) is 23.0 Å². The largest absolute Gasteiger partial charge is 0.508 e. The number of carbonyl (C=O) groups is 7. The fourth-order valence-corrected chi connectivity index (χ4v) is 12.5. The Bertz CT molecular complexity index is 5850. The third-order valence-corrected chi connectivity index (χ3v) is 17.9. The number of allylic oxidation sites excluding steroid dienone is 5. The lowest BCUT2D eigenvalue weighted by Crippen LogP contribution is -2.25. The molecule has 4 aliphatic rings. The molecule has 8 aromatic carbocycles. The van der Waals surface area contributed by atoms with Gasteiger partial charge in [0.15, 0.2) is 22.8 Å². The number of amides is 1. The molecule has 0 unspecified atom stereocenters. The van der Waals surface area contributed by atoms with E-state index in [1.54, 1.807) is 122 Å². The first-order valence-corrected chi connectivity index (χ1v) is 34.7. The molecule has 1 aliphatic heterocycles. The molecule has 0 atom stereocenters. The molecule has 0 radical (unpaired) electrons. The molecule has 0 fully saturated rings. The fourth-order valence-electron chi connectivity index (χ4n) is 12.5. The molecule has 26 nitrogen and oxygen atoms in total. The Morgan fingerprint density at radius 3 is 1.66 bits per heavy atom. The molecule has 0 saturated carbocycles. The molecule has 556 valence electrons. The number of aromatic hydroxyl groups is 4. The van der Waals surface area contributed by atoms with Crippen LogP contribution in [0.3, 0.4) is 0 Å². The lowest BCUT2D eigenvalue weighted by molar-refractivity contribution is -0.110. The molecule has 3 aliphatic carbocycles. The van der Waals surface area contributed by atoms with Crippen LogP contribution < -0.4 is 37.7 Å². The Morgan fingerprint density at radius 1 is 0.505 bits per heavy atom. The summed E-state index contributed by atoms with van der Waals surface area (Å²) in [5.41, 5.74) is 16.0. The number of nitrogens with zero attached hydrogens (tertiary/aromatic N) is 4. The first-order chi connectivity index (χ1) is 53.4. The van der Waals surface area contributed by atoms with Crippen LogP contribution in [0, 0.1) is 13.8 Å². The maximum absolute atomic E-state index is 13.2. The number of nitrogens with two attached hydrogens (primary N) is 1. The monoisotopic (exact) mass is 1490 g/mol. The average molecular weight is 1490 g/mol. The molecular weight excluding hydrogens is 1420 g/mol. The third kappa shape index (κ3) is 18.3. The number of benzene rings is 9. The molecule has 26 heteroatoms. The van der Waals surface area contributed by atoms with E-state index in [0.717, 1.165) is 45.3 Å². The van der Waals surface area contributed by atoms with Gasteiger partial charge in [-0.1, -0.05) is 60.7 Å².